The third-order valence-corrected chi connectivity index (χ3v) is 5.59. The van der Waals surface area contributed by atoms with Crippen molar-refractivity contribution >= 4 is 20.9 Å². The lowest BCUT2D eigenvalue weighted by atomic mass is 10.2. The van der Waals surface area contributed by atoms with Gasteiger partial charge in [-0.2, -0.15) is 0 Å². The maximum Gasteiger partial charge on any atom is 0.240 e. The van der Waals surface area contributed by atoms with Crippen LogP contribution in [0.2, 0.25) is 0 Å². The van der Waals surface area contributed by atoms with Crippen LogP contribution in [0.1, 0.15) is 6.42 Å². The van der Waals surface area contributed by atoms with E-state index in [9.17, 15) is 8.42 Å². The summed E-state index contributed by atoms with van der Waals surface area (Å²) in [5.41, 5.74) is 0.788. The number of nitrogens with zero attached hydrogens (tertiary/aromatic N) is 1. The fourth-order valence-electron chi connectivity index (χ4n) is 2.72. The Morgan fingerprint density at radius 3 is 2.54 bits per heavy atom. The topological polar surface area (TPSA) is 86.8 Å². The van der Waals surface area contributed by atoms with E-state index in [-0.39, 0.29) is 11.4 Å². The van der Waals surface area contributed by atoms with Gasteiger partial charge in [0.1, 0.15) is 11.3 Å². The van der Waals surface area contributed by atoms with Crippen LogP contribution in [0.5, 0.6) is 17.2 Å². The van der Waals surface area contributed by atoms with Crippen LogP contribution in [0.4, 0.5) is 0 Å². The van der Waals surface area contributed by atoms with Gasteiger partial charge in [0.15, 0.2) is 11.5 Å². The second-order valence-electron chi connectivity index (χ2n) is 5.95. The van der Waals surface area contributed by atoms with E-state index in [4.69, 9.17) is 14.2 Å². The number of benzene rings is 2. The molecule has 0 saturated carbocycles. The number of rotatable bonds is 9. The zero-order valence-electron chi connectivity index (χ0n) is 15.7. The normalized spacial score (nSPS) is 11.4. The van der Waals surface area contributed by atoms with Crippen LogP contribution >= 0.6 is 0 Å². The first-order valence-electron chi connectivity index (χ1n) is 8.73. The van der Waals surface area contributed by atoms with Crippen LogP contribution in [0.15, 0.2) is 59.6 Å². The monoisotopic (exact) mass is 402 g/mol. The summed E-state index contributed by atoms with van der Waals surface area (Å²) in [6.07, 6.45) is 2.22. The first-order valence-corrected chi connectivity index (χ1v) is 10.2. The van der Waals surface area contributed by atoms with Crippen LogP contribution in [-0.4, -0.2) is 40.8 Å². The third kappa shape index (κ3) is 4.52. The molecule has 7 nitrogen and oxygen atoms in total. The van der Waals surface area contributed by atoms with Gasteiger partial charge in [0.2, 0.25) is 10.0 Å². The van der Waals surface area contributed by atoms with Crippen molar-refractivity contribution in [2.24, 2.45) is 0 Å². The molecule has 0 aliphatic rings. The molecule has 3 aromatic rings. The zero-order chi connectivity index (χ0) is 20.0. The van der Waals surface area contributed by atoms with Crippen LogP contribution in [-0.2, 0) is 10.0 Å². The molecule has 0 saturated heterocycles. The molecule has 0 atom stereocenters. The minimum atomic E-state index is -3.65. The molecule has 0 bridgehead atoms. The maximum absolute atomic E-state index is 12.4. The largest absolute Gasteiger partial charge is 0.493 e. The van der Waals surface area contributed by atoms with Gasteiger partial charge in [-0.1, -0.05) is 18.2 Å². The van der Waals surface area contributed by atoms with Crippen molar-refractivity contribution in [3.05, 3.63) is 54.7 Å². The highest BCUT2D eigenvalue weighted by atomic mass is 32.2. The first-order chi connectivity index (χ1) is 13.5. The van der Waals surface area contributed by atoms with Gasteiger partial charge in [-0.25, -0.2) is 13.1 Å². The van der Waals surface area contributed by atoms with Crippen molar-refractivity contribution in [3.63, 3.8) is 0 Å². The predicted molar refractivity (Wildman–Crippen MR) is 107 cm³/mol. The summed E-state index contributed by atoms with van der Waals surface area (Å²) in [7, 11) is -0.696. The molecule has 148 valence electrons. The van der Waals surface area contributed by atoms with E-state index in [1.165, 1.54) is 26.4 Å². The minimum absolute atomic E-state index is 0.115. The quantitative estimate of drug-likeness (QED) is 0.554. The number of pyridine rings is 1. The third-order valence-electron chi connectivity index (χ3n) is 4.13. The Hall–Kier alpha value is -2.84. The molecule has 0 fully saturated rings. The Bertz CT molecular complexity index is 1050. The van der Waals surface area contributed by atoms with E-state index in [1.54, 1.807) is 12.3 Å². The van der Waals surface area contributed by atoms with Crippen LogP contribution in [0, 0.1) is 0 Å². The summed E-state index contributed by atoms with van der Waals surface area (Å²) >= 11 is 0. The fourth-order valence-corrected chi connectivity index (χ4v) is 3.81. The molecule has 3 rings (SSSR count). The highest BCUT2D eigenvalue weighted by Crippen LogP contribution is 2.29. The van der Waals surface area contributed by atoms with Gasteiger partial charge in [-0.3, -0.25) is 4.98 Å². The van der Waals surface area contributed by atoms with Crippen molar-refractivity contribution in [1.29, 1.82) is 0 Å². The summed E-state index contributed by atoms with van der Waals surface area (Å²) in [4.78, 5) is 4.45. The number of aromatic nitrogens is 1. The molecular formula is C20H22N2O5S. The number of para-hydroxylation sites is 1. The molecule has 0 aliphatic heterocycles. The fraction of sp³-hybridized carbons (Fsp3) is 0.250. The first kappa shape index (κ1) is 19.9. The molecular weight excluding hydrogens is 380 g/mol. The average molecular weight is 402 g/mol. The van der Waals surface area contributed by atoms with Gasteiger partial charge in [-0.05, 0) is 30.7 Å². The number of fused-ring (bicyclic) bond motifs is 1. The SMILES string of the molecule is COc1ccc(S(=O)(=O)NCCCOc2cccc3cccnc23)cc1OC. The Kier molecular flexibility index (Phi) is 6.33. The van der Waals surface area contributed by atoms with E-state index >= 15 is 0 Å². The summed E-state index contributed by atoms with van der Waals surface area (Å²) in [5, 5.41) is 0.995. The van der Waals surface area contributed by atoms with Gasteiger partial charge >= 0.3 is 0 Å². The highest BCUT2D eigenvalue weighted by molar-refractivity contribution is 7.89. The summed E-state index contributed by atoms with van der Waals surface area (Å²) < 4.78 is 43.5. The smallest absolute Gasteiger partial charge is 0.240 e. The summed E-state index contributed by atoms with van der Waals surface area (Å²) in [5.74, 6) is 1.51. The van der Waals surface area contributed by atoms with Gasteiger partial charge in [0.25, 0.3) is 0 Å². The van der Waals surface area contributed by atoms with E-state index in [0.29, 0.717) is 30.3 Å². The van der Waals surface area contributed by atoms with Gasteiger partial charge in [0.05, 0.1) is 25.7 Å². The molecule has 1 aromatic heterocycles. The second kappa shape index (κ2) is 8.90. The number of hydrogen-bond acceptors (Lipinski definition) is 6. The molecule has 0 aliphatic carbocycles. The van der Waals surface area contributed by atoms with E-state index in [0.717, 1.165) is 10.9 Å². The van der Waals surface area contributed by atoms with Gasteiger partial charge in [-0.15, -0.1) is 0 Å². The number of sulfonamides is 1. The van der Waals surface area contributed by atoms with Crippen molar-refractivity contribution in [1.82, 2.24) is 9.71 Å². The maximum atomic E-state index is 12.4. The average Bonchev–Trinajstić information content (AvgIpc) is 2.73. The standard InChI is InChI=1S/C20H22N2O5S/c1-25-17-10-9-16(14-19(17)26-2)28(23,24)22-12-5-13-27-18-8-3-6-15-7-4-11-21-20(15)18/h3-4,6-11,14,22H,5,12-13H2,1-2H3. The van der Waals surface area contributed by atoms with Crippen molar-refractivity contribution < 1.29 is 22.6 Å². The molecule has 28 heavy (non-hydrogen) atoms. The van der Waals surface area contributed by atoms with Crippen LogP contribution in [0.25, 0.3) is 10.9 Å². The Balaban J connectivity index is 1.56. The lowest BCUT2D eigenvalue weighted by Gasteiger charge is -2.11. The Labute approximate surface area is 164 Å². The molecule has 8 heteroatoms. The van der Waals surface area contributed by atoms with Crippen LogP contribution in [0.3, 0.4) is 0 Å². The second-order valence-corrected chi connectivity index (χ2v) is 7.71. The molecule has 1 N–H and O–H groups in total. The van der Waals surface area contributed by atoms with Crippen molar-refractivity contribution in [2.75, 3.05) is 27.4 Å². The number of ether oxygens (including phenoxy) is 3. The van der Waals surface area contributed by atoms with E-state index in [2.05, 4.69) is 9.71 Å². The van der Waals surface area contributed by atoms with Gasteiger partial charge in [0, 0.05) is 24.2 Å². The molecule has 0 radical (unpaired) electrons. The van der Waals surface area contributed by atoms with E-state index < -0.39 is 10.0 Å². The zero-order valence-corrected chi connectivity index (χ0v) is 16.5. The predicted octanol–water partition coefficient (Wildman–Crippen LogP) is 3.00. The molecule has 0 amide bonds. The van der Waals surface area contributed by atoms with Crippen molar-refractivity contribution in [3.8, 4) is 17.2 Å². The molecule has 2 aromatic carbocycles. The van der Waals surface area contributed by atoms with Gasteiger partial charge < -0.3 is 14.2 Å². The van der Waals surface area contributed by atoms with E-state index in [1.807, 2.05) is 30.3 Å². The summed E-state index contributed by atoms with van der Waals surface area (Å²) in [6, 6.07) is 14.0. The number of hydrogen-bond donors (Lipinski definition) is 1. The molecule has 0 unspecified atom stereocenters. The minimum Gasteiger partial charge on any atom is -0.493 e. The Morgan fingerprint density at radius 1 is 0.964 bits per heavy atom. The highest BCUT2D eigenvalue weighted by Gasteiger charge is 2.16. The molecule has 0 spiro atoms. The number of methoxy groups -OCH3 is 2. The van der Waals surface area contributed by atoms with Crippen LogP contribution < -0.4 is 18.9 Å². The summed E-state index contributed by atoms with van der Waals surface area (Å²) in [6.45, 7) is 0.610. The Morgan fingerprint density at radius 2 is 1.75 bits per heavy atom. The lowest BCUT2D eigenvalue weighted by Crippen LogP contribution is -2.26. The number of nitrogens with one attached hydrogen (secondary N) is 1. The van der Waals surface area contributed by atoms with Crippen molar-refractivity contribution in [2.45, 2.75) is 11.3 Å². The lowest BCUT2D eigenvalue weighted by molar-refractivity contribution is 0.314. The molecule has 1 heterocycles.